The van der Waals surface area contributed by atoms with Crippen LogP contribution in [0.15, 0.2) is 58.8 Å². The number of hydrogen-bond donors (Lipinski definition) is 1. The summed E-state index contributed by atoms with van der Waals surface area (Å²) in [6.07, 6.45) is 0. The van der Waals surface area contributed by atoms with Crippen LogP contribution >= 0.6 is 11.6 Å². The lowest BCUT2D eigenvalue weighted by atomic mass is 10.3. The van der Waals surface area contributed by atoms with E-state index in [4.69, 9.17) is 11.6 Å². The second-order valence-corrected chi connectivity index (χ2v) is 3.61. The van der Waals surface area contributed by atoms with Crippen LogP contribution in [-0.2, 0) is 0 Å². The van der Waals surface area contributed by atoms with Crippen molar-refractivity contribution in [2.75, 3.05) is 0 Å². The van der Waals surface area contributed by atoms with Crippen molar-refractivity contribution < 1.29 is 5.11 Å². The standard InChI is InChI=1S/C12H9ClN2O.H3N/c13-9-1-3-10(4-2-9)14-15-11-5-7-12(16)8-6-11;/h1-8,16H;1H3. The Balaban J connectivity index is 0.00000144. The summed E-state index contributed by atoms with van der Waals surface area (Å²) >= 11 is 5.74. The molecule has 0 radical (unpaired) electrons. The Hall–Kier alpha value is -1.91. The summed E-state index contributed by atoms with van der Waals surface area (Å²) in [5.74, 6) is -0.0366. The number of azo groups is 1. The van der Waals surface area contributed by atoms with Gasteiger partial charge in [-0.05, 0) is 36.4 Å². The molecule has 0 aromatic heterocycles. The molecular weight excluding hydrogens is 238 g/mol. The lowest BCUT2D eigenvalue weighted by Gasteiger charge is -2.02. The number of benzene rings is 2. The van der Waals surface area contributed by atoms with Crippen LogP contribution in [0.4, 0.5) is 11.4 Å². The molecule has 0 amide bonds. The van der Waals surface area contributed by atoms with E-state index < -0.39 is 0 Å². The van der Waals surface area contributed by atoms with Gasteiger partial charge in [0.05, 0.1) is 11.4 Å². The predicted molar refractivity (Wildman–Crippen MR) is 67.5 cm³/mol. The fourth-order valence-electron chi connectivity index (χ4n) is 1.14. The molecule has 0 bridgehead atoms. The van der Waals surface area contributed by atoms with Gasteiger partial charge >= 0.3 is 0 Å². The molecule has 0 aliphatic rings. The minimum atomic E-state index is -0.0366. The maximum absolute atomic E-state index is 10.8. The number of hydrogen-bond acceptors (Lipinski definition) is 3. The zero-order chi connectivity index (χ0) is 11.4. The van der Waals surface area contributed by atoms with E-state index in [-0.39, 0.29) is 11.9 Å². The van der Waals surface area contributed by atoms with Crippen LogP contribution in [-0.4, -0.2) is 0 Å². The Morgan fingerprint density at radius 3 is 1.65 bits per heavy atom. The highest BCUT2D eigenvalue weighted by atomic mass is 35.5. The monoisotopic (exact) mass is 249 g/mol. The molecule has 2 aromatic rings. The van der Waals surface area contributed by atoms with Gasteiger partial charge in [0.15, 0.2) is 0 Å². The Morgan fingerprint density at radius 1 is 0.765 bits per heavy atom. The van der Waals surface area contributed by atoms with Crippen molar-refractivity contribution in [3.63, 3.8) is 0 Å². The van der Waals surface area contributed by atoms with Gasteiger partial charge in [0.2, 0.25) is 0 Å². The van der Waals surface area contributed by atoms with Gasteiger partial charge in [-0.1, -0.05) is 23.7 Å². The molecule has 0 atom stereocenters. The van der Waals surface area contributed by atoms with E-state index in [0.717, 1.165) is 5.69 Å². The fourth-order valence-corrected chi connectivity index (χ4v) is 1.26. The molecule has 0 aliphatic carbocycles. The van der Waals surface area contributed by atoms with Crippen molar-refractivity contribution in [3.8, 4) is 5.75 Å². The molecule has 2 aromatic carbocycles. The zero-order valence-electron chi connectivity index (χ0n) is 9.30. The molecule has 17 heavy (non-hydrogen) atoms. The third-order valence-electron chi connectivity index (χ3n) is 1.94. The minimum Gasteiger partial charge on any atom is -0.872 e. The van der Waals surface area contributed by atoms with Crippen LogP contribution in [0, 0.1) is 0 Å². The summed E-state index contributed by atoms with van der Waals surface area (Å²) in [6, 6.07) is 13.2. The van der Waals surface area contributed by atoms with E-state index in [1.807, 2.05) is 0 Å². The fraction of sp³-hybridized carbons (Fsp3) is 0. The van der Waals surface area contributed by atoms with E-state index in [0.29, 0.717) is 10.7 Å². The second kappa shape index (κ2) is 5.98. The highest BCUT2D eigenvalue weighted by Crippen LogP contribution is 2.20. The molecular formula is C12H12ClN3O. The number of quaternary nitrogens is 1. The van der Waals surface area contributed by atoms with Crippen LogP contribution in [0.1, 0.15) is 0 Å². The van der Waals surface area contributed by atoms with Crippen molar-refractivity contribution in [2.45, 2.75) is 0 Å². The van der Waals surface area contributed by atoms with Gasteiger partial charge < -0.3 is 11.3 Å². The van der Waals surface area contributed by atoms with Crippen molar-refractivity contribution in [2.24, 2.45) is 10.2 Å². The van der Waals surface area contributed by atoms with Crippen molar-refractivity contribution in [1.82, 2.24) is 6.15 Å². The maximum atomic E-state index is 10.8. The quantitative estimate of drug-likeness (QED) is 0.795. The lowest BCUT2D eigenvalue weighted by molar-refractivity contribution is -0.268. The summed E-state index contributed by atoms with van der Waals surface area (Å²) in [7, 11) is 0. The first-order chi connectivity index (χ1) is 7.74. The molecule has 4 nitrogen and oxygen atoms in total. The van der Waals surface area contributed by atoms with Crippen molar-refractivity contribution >= 4 is 23.0 Å². The lowest BCUT2D eigenvalue weighted by Crippen LogP contribution is -1.86. The van der Waals surface area contributed by atoms with Crippen molar-refractivity contribution in [1.29, 1.82) is 0 Å². The van der Waals surface area contributed by atoms with Crippen LogP contribution in [0.5, 0.6) is 5.75 Å². The van der Waals surface area contributed by atoms with E-state index >= 15 is 0 Å². The summed E-state index contributed by atoms with van der Waals surface area (Å²) in [5.41, 5.74) is 1.37. The summed E-state index contributed by atoms with van der Waals surface area (Å²) in [5, 5.41) is 19.5. The van der Waals surface area contributed by atoms with Crippen LogP contribution in [0.25, 0.3) is 0 Å². The first-order valence-corrected chi connectivity index (χ1v) is 5.06. The molecule has 0 saturated carbocycles. The first kappa shape index (κ1) is 13.2. The van der Waals surface area contributed by atoms with Gasteiger partial charge in [-0.2, -0.15) is 10.2 Å². The Morgan fingerprint density at radius 2 is 1.18 bits per heavy atom. The number of nitrogens with zero attached hydrogens (tertiary/aromatic N) is 2. The molecule has 5 heteroatoms. The maximum Gasteiger partial charge on any atom is 0.0858 e. The van der Waals surface area contributed by atoms with E-state index in [1.165, 1.54) is 12.1 Å². The number of halogens is 1. The van der Waals surface area contributed by atoms with E-state index in [9.17, 15) is 5.11 Å². The molecule has 4 N–H and O–H groups in total. The smallest absolute Gasteiger partial charge is 0.0858 e. The summed E-state index contributed by atoms with van der Waals surface area (Å²) in [4.78, 5) is 0. The molecule has 0 fully saturated rings. The minimum absolute atomic E-state index is 0. The van der Waals surface area contributed by atoms with E-state index in [2.05, 4.69) is 10.2 Å². The molecule has 88 valence electrons. The Labute approximate surface area is 104 Å². The Bertz CT molecular complexity index is 447. The van der Waals surface area contributed by atoms with E-state index in [1.54, 1.807) is 36.4 Å². The van der Waals surface area contributed by atoms with Gasteiger partial charge in [-0.25, -0.2) is 0 Å². The van der Waals surface area contributed by atoms with Crippen LogP contribution in [0.2, 0.25) is 5.02 Å². The molecule has 0 saturated heterocycles. The second-order valence-electron chi connectivity index (χ2n) is 3.17. The molecule has 0 spiro atoms. The van der Waals surface area contributed by atoms with Crippen LogP contribution < -0.4 is 11.3 Å². The largest absolute Gasteiger partial charge is 0.872 e. The zero-order valence-corrected chi connectivity index (χ0v) is 10.1. The highest BCUT2D eigenvalue weighted by molar-refractivity contribution is 6.30. The average molecular weight is 250 g/mol. The summed E-state index contributed by atoms with van der Waals surface area (Å²) < 4.78 is 0. The van der Waals surface area contributed by atoms with Gasteiger partial charge in [-0.15, -0.1) is 5.75 Å². The molecule has 0 unspecified atom stereocenters. The van der Waals surface area contributed by atoms with Gasteiger partial charge in [0.25, 0.3) is 0 Å². The molecule has 0 aliphatic heterocycles. The normalized spacial score (nSPS) is 10.2. The Kier molecular flexibility index (Phi) is 4.63. The molecule has 2 rings (SSSR count). The summed E-state index contributed by atoms with van der Waals surface area (Å²) in [6.45, 7) is 0. The number of rotatable bonds is 2. The first-order valence-electron chi connectivity index (χ1n) is 4.68. The SMILES string of the molecule is [NH4+].[O-]c1ccc(N=Nc2ccc(Cl)cc2)cc1. The molecule has 0 heterocycles. The van der Waals surface area contributed by atoms with Gasteiger partial charge in [-0.3, -0.25) is 0 Å². The van der Waals surface area contributed by atoms with Crippen molar-refractivity contribution in [3.05, 3.63) is 53.6 Å². The van der Waals surface area contributed by atoms with Crippen LogP contribution in [0.3, 0.4) is 0 Å². The van der Waals surface area contributed by atoms with Gasteiger partial charge in [0.1, 0.15) is 0 Å². The average Bonchev–Trinajstić information content (AvgIpc) is 2.30. The van der Waals surface area contributed by atoms with Gasteiger partial charge in [0, 0.05) is 5.02 Å². The predicted octanol–water partition coefficient (Wildman–Crippen LogP) is 4.21. The third-order valence-corrected chi connectivity index (χ3v) is 2.20. The topological polar surface area (TPSA) is 84.3 Å². The third kappa shape index (κ3) is 3.86. The highest BCUT2D eigenvalue weighted by Gasteiger charge is 1.90.